The van der Waals surface area contributed by atoms with Crippen LogP contribution < -0.4 is 10.2 Å². The van der Waals surface area contributed by atoms with Crippen molar-refractivity contribution in [3.05, 3.63) is 29.3 Å². The summed E-state index contributed by atoms with van der Waals surface area (Å²) in [6.07, 6.45) is 1.20. The molecule has 1 aliphatic heterocycles. The van der Waals surface area contributed by atoms with Crippen LogP contribution in [0, 0.1) is 6.92 Å². The van der Waals surface area contributed by atoms with E-state index in [0.717, 1.165) is 13.1 Å². The van der Waals surface area contributed by atoms with Crippen molar-refractivity contribution in [2.45, 2.75) is 26.8 Å². The van der Waals surface area contributed by atoms with E-state index >= 15 is 0 Å². The molecule has 1 N–H and O–H groups in total. The van der Waals surface area contributed by atoms with Crippen LogP contribution in [0.3, 0.4) is 0 Å². The lowest BCUT2D eigenvalue weighted by Crippen LogP contribution is -2.32. The predicted octanol–water partition coefficient (Wildman–Crippen LogP) is 3.05. The van der Waals surface area contributed by atoms with Gasteiger partial charge in [-0.2, -0.15) is 11.8 Å². The Bertz CT molecular complexity index is 373. The van der Waals surface area contributed by atoms with Crippen LogP contribution in [0.2, 0.25) is 0 Å². The summed E-state index contributed by atoms with van der Waals surface area (Å²) in [6.45, 7) is 8.92. The maximum atomic E-state index is 3.46. The molecule has 1 aliphatic rings. The molecule has 1 heterocycles. The summed E-state index contributed by atoms with van der Waals surface area (Å²) in [5.74, 6) is 2.53. The molecule has 2 rings (SSSR count). The third-order valence-electron chi connectivity index (χ3n) is 3.37. The SMILES string of the molecule is CCCNCc1ccc(N2CCSCC2)c(C)c1. The highest BCUT2D eigenvalue weighted by molar-refractivity contribution is 7.99. The Kier molecular flexibility index (Phi) is 5.39. The fourth-order valence-corrected chi connectivity index (χ4v) is 3.30. The first kappa shape index (κ1) is 13.8. The third-order valence-corrected chi connectivity index (χ3v) is 4.31. The molecule has 0 radical (unpaired) electrons. The molecular formula is C15H24N2S. The number of hydrogen-bond donors (Lipinski definition) is 1. The molecule has 0 aromatic heterocycles. The van der Waals surface area contributed by atoms with Crippen LogP contribution in [0.1, 0.15) is 24.5 Å². The normalized spacial score (nSPS) is 16.0. The van der Waals surface area contributed by atoms with Gasteiger partial charge in [0.1, 0.15) is 0 Å². The summed E-state index contributed by atoms with van der Waals surface area (Å²) in [5, 5.41) is 3.46. The van der Waals surface area contributed by atoms with Gasteiger partial charge >= 0.3 is 0 Å². The van der Waals surface area contributed by atoms with E-state index in [1.165, 1.54) is 47.8 Å². The fourth-order valence-electron chi connectivity index (χ4n) is 2.40. The highest BCUT2D eigenvalue weighted by Crippen LogP contribution is 2.24. The van der Waals surface area contributed by atoms with Crippen molar-refractivity contribution in [2.75, 3.05) is 36.0 Å². The van der Waals surface area contributed by atoms with Gasteiger partial charge in [0.15, 0.2) is 0 Å². The van der Waals surface area contributed by atoms with Crippen molar-refractivity contribution < 1.29 is 0 Å². The number of thioether (sulfide) groups is 1. The summed E-state index contributed by atoms with van der Waals surface area (Å²) >= 11 is 2.06. The minimum Gasteiger partial charge on any atom is -0.370 e. The first-order valence-corrected chi connectivity index (χ1v) is 8.09. The number of nitrogens with zero attached hydrogens (tertiary/aromatic N) is 1. The number of benzene rings is 1. The van der Waals surface area contributed by atoms with E-state index in [4.69, 9.17) is 0 Å². The molecule has 0 saturated carbocycles. The Balaban J connectivity index is 2.00. The van der Waals surface area contributed by atoms with Gasteiger partial charge in [-0.15, -0.1) is 0 Å². The molecule has 18 heavy (non-hydrogen) atoms. The standard InChI is InChI=1S/C15H24N2S/c1-3-6-16-12-14-4-5-15(13(2)11-14)17-7-9-18-10-8-17/h4-5,11,16H,3,6-10,12H2,1-2H3. The van der Waals surface area contributed by atoms with Crippen LogP contribution in [-0.2, 0) is 6.54 Å². The Labute approximate surface area is 115 Å². The molecule has 1 aromatic carbocycles. The van der Waals surface area contributed by atoms with Gasteiger partial charge in [-0.25, -0.2) is 0 Å². The summed E-state index contributed by atoms with van der Waals surface area (Å²) in [4.78, 5) is 2.52. The molecule has 0 atom stereocenters. The summed E-state index contributed by atoms with van der Waals surface area (Å²) in [7, 11) is 0. The smallest absolute Gasteiger partial charge is 0.0396 e. The zero-order valence-corrected chi connectivity index (χ0v) is 12.4. The number of aryl methyl sites for hydroxylation is 1. The molecule has 0 aliphatic carbocycles. The predicted molar refractivity (Wildman–Crippen MR) is 82.7 cm³/mol. The Hall–Kier alpha value is -0.670. The molecule has 0 spiro atoms. The van der Waals surface area contributed by atoms with Crippen LogP contribution in [0.15, 0.2) is 18.2 Å². The van der Waals surface area contributed by atoms with Crippen LogP contribution in [0.5, 0.6) is 0 Å². The maximum absolute atomic E-state index is 3.46. The van der Waals surface area contributed by atoms with Crippen LogP contribution in [0.25, 0.3) is 0 Å². The van der Waals surface area contributed by atoms with Crippen molar-refractivity contribution in [3.63, 3.8) is 0 Å². The van der Waals surface area contributed by atoms with E-state index in [-0.39, 0.29) is 0 Å². The first-order valence-electron chi connectivity index (χ1n) is 6.94. The molecule has 3 heteroatoms. The average Bonchev–Trinajstić information content (AvgIpc) is 2.40. The molecule has 1 fully saturated rings. The van der Waals surface area contributed by atoms with Crippen molar-refractivity contribution in [3.8, 4) is 0 Å². The highest BCUT2D eigenvalue weighted by atomic mass is 32.2. The molecular weight excluding hydrogens is 240 g/mol. The van der Waals surface area contributed by atoms with Crippen LogP contribution in [-0.4, -0.2) is 31.1 Å². The first-order chi connectivity index (χ1) is 8.81. The molecule has 0 amide bonds. The quantitative estimate of drug-likeness (QED) is 0.823. The zero-order chi connectivity index (χ0) is 12.8. The van der Waals surface area contributed by atoms with Gasteiger partial charge in [-0.1, -0.05) is 19.1 Å². The van der Waals surface area contributed by atoms with Crippen molar-refractivity contribution in [1.82, 2.24) is 5.32 Å². The van der Waals surface area contributed by atoms with Gasteiger partial charge in [0.25, 0.3) is 0 Å². The topological polar surface area (TPSA) is 15.3 Å². The van der Waals surface area contributed by atoms with Gasteiger partial charge in [-0.05, 0) is 37.1 Å². The lowest BCUT2D eigenvalue weighted by molar-refractivity contribution is 0.675. The van der Waals surface area contributed by atoms with Gasteiger partial charge in [0.2, 0.25) is 0 Å². The van der Waals surface area contributed by atoms with Gasteiger partial charge in [0, 0.05) is 36.8 Å². The molecule has 1 saturated heterocycles. The lowest BCUT2D eigenvalue weighted by Gasteiger charge is -2.30. The second kappa shape index (κ2) is 7.05. The minimum absolute atomic E-state index is 0.991. The van der Waals surface area contributed by atoms with Crippen molar-refractivity contribution >= 4 is 17.4 Å². The largest absolute Gasteiger partial charge is 0.370 e. The molecule has 100 valence electrons. The second-order valence-electron chi connectivity index (χ2n) is 4.90. The average molecular weight is 264 g/mol. The van der Waals surface area contributed by atoms with E-state index in [1.807, 2.05) is 0 Å². The summed E-state index contributed by atoms with van der Waals surface area (Å²) < 4.78 is 0. The van der Waals surface area contributed by atoms with Crippen LogP contribution >= 0.6 is 11.8 Å². The molecule has 0 bridgehead atoms. The highest BCUT2D eigenvalue weighted by Gasteiger charge is 2.13. The summed E-state index contributed by atoms with van der Waals surface area (Å²) in [5.41, 5.74) is 4.24. The van der Waals surface area contributed by atoms with Crippen LogP contribution in [0.4, 0.5) is 5.69 Å². The van der Waals surface area contributed by atoms with Gasteiger partial charge < -0.3 is 10.2 Å². The minimum atomic E-state index is 0.991. The number of hydrogen-bond acceptors (Lipinski definition) is 3. The maximum Gasteiger partial charge on any atom is 0.0396 e. The van der Waals surface area contributed by atoms with E-state index < -0.39 is 0 Å². The third kappa shape index (κ3) is 3.66. The van der Waals surface area contributed by atoms with Crippen molar-refractivity contribution in [1.29, 1.82) is 0 Å². The molecule has 1 aromatic rings. The van der Waals surface area contributed by atoms with E-state index in [2.05, 4.69) is 54.0 Å². The zero-order valence-electron chi connectivity index (χ0n) is 11.5. The van der Waals surface area contributed by atoms with Crippen molar-refractivity contribution in [2.24, 2.45) is 0 Å². The molecule has 0 unspecified atom stereocenters. The number of nitrogens with one attached hydrogen (secondary N) is 1. The number of anilines is 1. The number of rotatable bonds is 5. The lowest BCUT2D eigenvalue weighted by atomic mass is 10.1. The Morgan fingerprint density at radius 3 is 2.72 bits per heavy atom. The second-order valence-corrected chi connectivity index (χ2v) is 6.12. The van der Waals surface area contributed by atoms with E-state index in [9.17, 15) is 0 Å². The van der Waals surface area contributed by atoms with Gasteiger partial charge in [0.05, 0.1) is 0 Å². The Morgan fingerprint density at radius 2 is 2.06 bits per heavy atom. The summed E-state index contributed by atoms with van der Waals surface area (Å²) in [6, 6.07) is 6.90. The molecule has 2 nitrogen and oxygen atoms in total. The van der Waals surface area contributed by atoms with Gasteiger partial charge in [-0.3, -0.25) is 0 Å². The van der Waals surface area contributed by atoms with E-state index in [0.29, 0.717) is 0 Å². The monoisotopic (exact) mass is 264 g/mol. The Morgan fingerprint density at radius 1 is 1.28 bits per heavy atom. The van der Waals surface area contributed by atoms with E-state index in [1.54, 1.807) is 0 Å². The fraction of sp³-hybridized carbons (Fsp3) is 0.600.